The van der Waals surface area contributed by atoms with Gasteiger partial charge in [-0.2, -0.15) is 0 Å². The van der Waals surface area contributed by atoms with Crippen LogP contribution in [-0.2, 0) is 16.0 Å². The largest absolute Gasteiger partial charge is 0.508 e. The highest BCUT2D eigenvalue weighted by Crippen LogP contribution is 2.58. The quantitative estimate of drug-likeness (QED) is 0.797. The second kappa shape index (κ2) is 4.19. The van der Waals surface area contributed by atoms with Gasteiger partial charge in [0.15, 0.2) is 0 Å². The molecule has 1 aromatic rings. The number of phenolic OH excluding ortho intramolecular Hbond substituents is 1. The topological polar surface area (TPSA) is 54.4 Å². The van der Waals surface area contributed by atoms with E-state index in [9.17, 15) is 14.7 Å². The normalized spacial score (nSPS) is 37.9. The molecule has 1 aromatic carbocycles. The number of aromatic hydroxyl groups is 1. The zero-order valence-electron chi connectivity index (χ0n) is 12.3. The number of hydrogen-bond donors (Lipinski definition) is 1. The molecule has 0 aliphatic heterocycles. The summed E-state index contributed by atoms with van der Waals surface area (Å²) in [6.45, 7) is 2.01. The van der Waals surface area contributed by atoms with Crippen LogP contribution in [-0.4, -0.2) is 16.7 Å². The van der Waals surface area contributed by atoms with Gasteiger partial charge in [-0.3, -0.25) is 9.59 Å². The Kier molecular flexibility index (Phi) is 2.60. The molecular weight excluding hydrogens is 264 g/mol. The lowest BCUT2D eigenvalue weighted by Gasteiger charge is -2.47. The molecule has 1 N–H and O–H groups in total. The van der Waals surface area contributed by atoms with Crippen LogP contribution in [0.15, 0.2) is 18.2 Å². The first-order valence-electron chi connectivity index (χ1n) is 7.88. The fraction of sp³-hybridized carbons (Fsp3) is 0.556. The molecule has 21 heavy (non-hydrogen) atoms. The van der Waals surface area contributed by atoms with E-state index in [1.807, 2.05) is 13.0 Å². The van der Waals surface area contributed by atoms with Gasteiger partial charge in [0, 0.05) is 24.2 Å². The van der Waals surface area contributed by atoms with Crippen LogP contribution >= 0.6 is 0 Å². The molecule has 0 heterocycles. The van der Waals surface area contributed by atoms with E-state index in [0.29, 0.717) is 24.7 Å². The van der Waals surface area contributed by atoms with E-state index in [-0.39, 0.29) is 23.2 Å². The summed E-state index contributed by atoms with van der Waals surface area (Å²) in [6, 6.07) is 5.40. The molecule has 2 fully saturated rings. The lowest BCUT2D eigenvalue weighted by molar-refractivity contribution is -0.139. The fourth-order valence-electron chi connectivity index (χ4n) is 5.16. The van der Waals surface area contributed by atoms with Gasteiger partial charge < -0.3 is 5.11 Å². The maximum absolute atomic E-state index is 12.8. The molecule has 0 unspecified atom stereocenters. The molecule has 0 radical (unpaired) electrons. The number of Topliss-reactive ketones (excluding diaryl/α,β-unsaturated/α-hetero) is 2. The zero-order chi connectivity index (χ0) is 14.8. The average molecular weight is 284 g/mol. The number of fused-ring (bicyclic) bond motifs is 5. The number of hydrogen-bond acceptors (Lipinski definition) is 3. The molecule has 110 valence electrons. The lowest BCUT2D eigenvalue weighted by atomic mass is 9.55. The molecule has 3 heteroatoms. The van der Waals surface area contributed by atoms with Crippen LogP contribution < -0.4 is 0 Å². The third-order valence-electron chi connectivity index (χ3n) is 6.18. The number of aryl methyl sites for hydroxylation is 1. The molecule has 3 aliphatic carbocycles. The maximum atomic E-state index is 12.8. The van der Waals surface area contributed by atoms with Gasteiger partial charge in [-0.25, -0.2) is 0 Å². The van der Waals surface area contributed by atoms with Gasteiger partial charge >= 0.3 is 0 Å². The van der Waals surface area contributed by atoms with Gasteiger partial charge in [-0.05, 0) is 54.4 Å². The third-order valence-corrected chi connectivity index (χ3v) is 6.18. The number of carbonyl (C=O) groups is 2. The van der Waals surface area contributed by atoms with Crippen molar-refractivity contribution in [3.05, 3.63) is 29.3 Å². The molecule has 0 spiro atoms. The Hall–Kier alpha value is -1.64. The Morgan fingerprint density at radius 1 is 1.19 bits per heavy atom. The molecule has 4 rings (SSSR count). The van der Waals surface area contributed by atoms with Gasteiger partial charge in [-0.1, -0.05) is 13.0 Å². The van der Waals surface area contributed by atoms with Crippen LogP contribution in [0, 0.1) is 17.3 Å². The third kappa shape index (κ3) is 1.66. The number of ketones is 2. The van der Waals surface area contributed by atoms with Crippen molar-refractivity contribution in [2.24, 2.45) is 17.3 Å². The molecule has 3 nitrogen and oxygen atoms in total. The van der Waals surface area contributed by atoms with Crippen molar-refractivity contribution >= 4 is 11.6 Å². The van der Waals surface area contributed by atoms with Gasteiger partial charge in [-0.15, -0.1) is 0 Å². The molecule has 0 amide bonds. The first-order valence-corrected chi connectivity index (χ1v) is 7.88. The first-order chi connectivity index (χ1) is 10.0. The maximum Gasteiger partial charge on any atom is 0.141 e. The Morgan fingerprint density at radius 2 is 2.00 bits per heavy atom. The summed E-state index contributed by atoms with van der Waals surface area (Å²) in [6.07, 6.45) is 3.84. The Morgan fingerprint density at radius 3 is 2.81 bits per heavy atom. The van der Waals surface area contributed by atoms with Gasteiger partial charge in [0.2, 0.25) is 0 Å². The summed E-state index contributed by atoms with van der Waals surface area (Å²) in [5, 5.41) is 9.65. The van der Waals surface area contributed by atoms with E-state index in [1.165, 1.54) is 0 Å². The minimum atomic E-state index is -0.410. The van der Waals surface area contributed by atoms with Crippen molar-refractivity contribution in [3.63, 3.8) is 0 Å². The monoisotopic (exact) mass is 284 g/mol. The van der Waals surface area contributed by atoms with Crippen molar-refractivity contribution in [1.29, 1.82) is 0 Å². The van der Waals surface area contributed by atoms with E-state index >= 15 is 0 Å². The Bertz CT molecular complexity index is 648. The second-order valence-corrected chi connectivity index (χ2v) is 7.19. The van der Waals surface area contributed by atoms with Crippen molar-refractivity contribution in [3.8, 4) is 5.75 Å². The summed E-state index contributed by atoms with van der Waals surface area (Å²) in [5.41, 5.74) is 1.79. The average Bonchev–Trinajstić information content (AvgIpc) is 2.74. The van der Waals surface area contributed by atoms with E-state index in [4.69, 9.17) is 0 Å². The van der Waals surface area contributed by atoms with E-state index in [1.54, 1.807) is 12.1 Å². The zero-order valence-corrected chi connectivity index (χ0v) is 12.3. The standard InChI is InChI=1S/C18H20O3/c1-18-9-15(20)17-12-5-3-11(19)8-10(12)2-4-13(17)14(18)6-7-16(18)21/h3,5,8,13-14,17,19H,2,4,6-7,9H2,1H3/t13-,14+,17-,18-/m1/s1. The molecule has 0 bridgehead atoms. The smallest absolute Gasteiger partial charge is 0.141 e. The van der Waals surface area contributed by atoms with Crippen molar-refractivity contribution in [1.82, 2.24) is 0 Å². The first kappa shape index (κ1) is 13.1. The SMILES string of the molecule is C[C@@]12CC(=O)[C@@H]3c4ccc(O)cc4CC[C@@H]3[C@@H]1CCC2=O. The van der Waals surface area contributed by atoms with Gasteiger partial charge in [0.1, 0.15) is 17.3 Å². The highest BCUT2D eigenvalue weighted by molar-refractivity contribution is 5.97. The van der Waals surface area contributed by atoms with Gasteiger partial charge in [0.25, 0.3) is 0 Å². The van der Waals surface area contributed by atoms with E-state index in [2.05, 4.69) is 0 Å². The van der Waals surface area contributed by atoms with Crippen molar-refractivity contribution in [2.75, 3.05) is 0 Å². The molecule has 0 saturated heterocycles. The summed E-state index contributed by atoms with van der Waals surface area (Å²) >= 11 is 0. The number of carbonyl (C=O) groups excluding carboxylic acids is 2. The molecule has 2 saturated carbocycles. The summed E-state index contributed by atoms with van der Waals surface area (Å²) in [7, 11) is 0. The van der Waals surface area contributed by atoms with Crippen molar-refractivity contribution in [2.45, 2.75) is 44.9 Å². The minimum Gasteiger partial charge on any atom is -0.508 e. The summed E-state index contributed by atoms with van der Waals surface area (Å²) in [5.74, 6) is 1.39. The molecular formula is C18H20O3. The van der Waals surface area contributed by atoms with E-state index in [0.717, 1.165) is 30.4 Å². The van der Waals surface area contributed by atoms with Gasteiger partial charge in [0.05, 0.1) is 0 Å². The Labute approximate surface area is 124 Å². The highest BCUT2D eigenvalue weighted by Gasteiger charge is 2.57. The molecule has 0 aromatic heterocycles. The fourth-order valence-corrected chi connectivity index (χ4v) is 5.16. The van der Waals surface area contributed by atoms with Crippen LogP contribution in [0.1, 0.15) is 49.7 Å². The predicted molar refractivity (Wildman–Crippen MR) is 78.1 cm³/mol. The van der Waals surface area contributed by atoms with Crippen LogP contribution in [0.5, 0.6) is 5.75 Å². The number of rotatable bonds is 0. The van der Waals surface area contributed by atoms with Crippen LogP contribution in [0.2, 0.25) is 0 Å². The summed E-state index contributed by atoms with van der Waals surface area (Å²) < 4.78 is 0. The van der Waals surface area contributed by atoms with E-state index < -0.39 is 5.41 Å². The van der Waals surface area contributed by atoms with Crippen LogP contribution in [0.25, 0.3) is 0 Å². The van der Waals surface area contributed by atoms with Crippen molar-refractivity contribution < 1.29 is 14.7 Å². The lowest BCUT2D eigenvalue weighted by Crippen LogP contribution is -2.47. The van der Waals surface area contributed by atoms with Crippen LogP contribution in [0.4, 0.5) is 0 Å². The number of phenols is 1. The minimum absolute atomic E-state index is 0.0571. The highest BCUT2D eigenvalue weighted by atomic mass is 16.3. The Balaban J connectivity index is 1.80. The summed E-state index contributed by atoms with van der Waals surface area (Å²) in [4.78, 5) is 25.0. The second-order valence-electron chi connectivity index (χ2n) is 7.19. The molecule has 4 atom stereocenters. The molecule has 3 aliphatic rings. The van der Waals surface area contributed by atoms with Crippen LogP contribution in [0.3, 0.4) is 0 Å². The predicted octanol–water partition coefficient (Wildman–Crippen LogP) is 3.00. The number of benzene rings is 1.